The summed E-state index contributed by atoms with van der Waals surface area (Å²) in [6, 6.07) is 12.7. The molecule has 1 aliphatic heterocycles. The third-order valence-electron chi connectivity index (χ3n) is 8.61. The zero-order valence-electron chi connectivity index (χ0n) is 23.9. The molecule has 202 valence electrons. The number of methoxy groups -OCH3 is 3. The number of hydrogen-bond acceptors (Lipinski definition) is 5. The Morgan fingerprint density at radius 1 is 0.842 bits per heavy atom. The number of amides is 1. The molecular formula is C32H39NO4S. The van der Waals surface area contributed by atoms with Gasteiger partial charge in [0.05, 0.1) is 26.2 Å². The van der Waals surface area contributed by atoms with Gasteiger partial charge in [0.1, 0.15) is 5.75 Å². The van der Waals surface area contributed by atoms with Crippen LogP contribution in [0.3, 0.4) is 0 Å². The maximum atomic E-state index is 13.8. The second-order valence-corrected chi connectivity index (χ2v) is 13.1. The lowest BCUT2D eigenvalue weighted by atomic mass is 9.63. The summed E-state index contributed by atoms with van der Waals surface area (Å²) in [5.41, 5.74) is 6.34. The molecule has 6 heteroatoms. The van der Waals surface area contributed by atoms with E-state index in [2.05, 4.69) is 52.8 Å². The van der Waals surface area contributed by atoms with E-state index in [-0.39, 0.29) is 22.8 Å². The average molecular weight is 534 g/mol. The number of rotatable bonds is 5. The molecule has 3 aromatic rings. The van der Waals surface area contributed by atoms with Crippen molar-refractivity contribution < 1.29 is 19.0 Å². The van der Waals surface area contributed by atoms with Crippen LogP contribution < -0.4 is 14.2 Å². The molecule has 0 spiro atoms. The van der Waals surface area contributed by atoms with Gasteiger partial charge in [0, 0.05) is 23.0 Å². The molecule has 5 rings (SSSR count). The molecule has 0 saturated heterocycles. The quantitative estimate of drug-likeness (QED) is 0.343. The first kappa shape index (κ1) is 26.6. The first-order valence-corrected chi connectivity index (χ1v) is 14.2. The SMILES string of the molecule is COc1cc2c(cc1OC)CN(C(=O)c1ccc(-c3cc4c(cc3OC)C(C)(C)CCC4(C)C)s1)[C@H](C)C2. The molecule has 0 fully saturated rings. The van der Waals surface area contributed by atoms with Crippen LogP contribution in [-0.2, 0) is 23.8 Å². The highest BCUT2D eigenvalue weighted by Gasteiger charge is 2.38. The number of benzene rings is 2. The third kappa shape index (κ3) is 4.47. The van der Waals surface area contributed by atoms with Crippen LogP contribution in [0.1, 0.15) is 79.4 Å². The van der Waals surface area contributed by atoms with Crippen molar-refractivity contribution in [2.45, 2.75) is 77.3 Å². The van der Waals surface area contributed by atoms with Crippen molar-refractivity contribution in [2.24, 2.45) is 0 Å². The topological polar surface area (TPSA) is 48.0 Å². The summed E-state index contributed by atoms with van der Waals surface area (Å²) in [5, 5.41) is 0. The van der Waals surface area contributed by atoms with Crippen molar-refractivity contribution in [3.05, 3.63) is 63.5 Å². The van der Waals surface area contributed by atoms with Gasteiger partial charge in [0.2, 0.25) is 0 Å². The van der Waals surface area contributed by atoms with Crippen molar-refractivity contribution in [1.82, 2.24) is 4.90 Å². The molecule has 0 bridgehead atoms. The van der Waals surface area contributed by atoms with Gasteiger partial charge in [-0.05, 0) is 95.7 Å². The zero-order valence-corrected chi connectivity index (χ0v) is 24.7. The minimum Gasteiger partial charge on any atom is -0.496 e. The largest absolute Gasteiger partial charge is 0.496 e. The predicted molar refractivity (Wildman–Crippen MR) is 154 cm³/mol. The number of hydrogen-bond donors (Lipinski definition) is 0. The van der Waals surface area contributed by atoms with E-state index in [1.165, 1.54) is 16.7 Å². The second kappa shape index (κ2) is 9.64. The van der Waals surface area contributed by atoms with E-state index in [1.54, 1.807) is 32.7 Å². The Hall–Kier alpha value is -2.99. The van der Waals surface area contributed by atoms with Gasteiger partial charge >= 0.3 is 0 Å². The van der Waals surface area contributed by atoms with Crippen LogP contribution in [0.2, 0.25) is 0 Å². The Labute approximate surface area is 230 Å². The van der Waals surface area contributed by atoms with Gasteiger partial charge in [-0.15, -0.1) is 11.3 Å². The van der Waals surface area contributed by atoms with Crippen molar-refractivity contribution in [2.75, 3.05) is 21.3 Å². The second-order valence-electron chi connectivity index (χ2n) is 12.0. The van der Waals surface area contributed by atoms with Crippen LogP contribution in [0.5, 0.6) is 17.2 Å². The lowest BCUT2D eigenvalue weighted by Gasteiger charge is -2.42. The summed E-state index contributed by atoms with van der Waals surface area (Å²) in [5.74, 6) is 2.35. The highest BCUT2D eigenvalue weighted by molar-refractivity contribution is 7.17. The summed E-state index contributed by atoms with van der Waals surface area (Å²) >= 11 is 1.55. The van der Waals surface area contributed by atoms with Gasteiger partial charge in [-0.1, -0.05) is 27.7 Å². The van der Waals surface area contributed by atoms with Gasteiger partial charge in [-0.3, -0.25) is 4.79 Å². The molecule has 0 saturated carbocycles. The predicted octanol–water partition coefficient (Wildman–Crippen LogP) is 7.38. The van der Waals surface area contributed by atoms with Gasteiger partial charge in [-0.25, -0.2) is 0 Å². The van der Waals surface area contributed by atoms with Crippen LogP contribution in [0.25, 0.3) is 10.4 Å². The van der Waals surface area contributed by atoms with Crippen molar-refractivity contribution >= 4 is 17.2 Å². The van der Waals surface area contributed by atoms with Crippen LogP contribution in [0.4, 0.5) is 0 Å². The van der Waals surface area contributed by atoms with Crippen molar-refractivity contribution in [1.29, 1.82) is 0 Å². The molecule has 5 nitrogen and oxygen atoms in total. The minimum atomic E-state index is 0.0626. The molecule has 2 aliphatic rings. The maximum absolute atomic E-state index is 13.8. The number of fused-ring (bicyclic) bond motifs is 2. The maximum Gasteiger partial charge on any atom is 0.264 e. The summed E-state index contributed by atoms with van der Waals surface area (Å²) in [7, 11) is 5.03. The Balaban J connectivity index is 1.47. The zero-order chi connectivity index (χ0) is 27.4. The number of carbonyl (C=O) groups excluding carboxylic acids is 1. The highest BCUT2D eigenvalue weighted by atomic mass is 32.1. The van der Waals surface area contributed by atoms with Crippen LogP contribution in [0, 0.1) is 0 Å². The van der Waals surface area contributed by atoms with E-state index in [1.807, 2.05) is 23.1 Å². The normalized spacial score (nSPS) is 19.4. The number of ether oxygens (including phenoxy) is 3. The smallest absolute Gasteiger partial charge is 0.264 e. The Bertz CT molecular complexity index is 1390. The highest BCUT2D eigenvalue weighted by Crippen LogP contribution is 2.50. The van der Waals surface area contributed by atoms with E-state index >= 15 is 0 Å². The fraction of sp³-hybridized carbons (Fsp3) is 0.469. The number of carbonyl (C=O) groups is 1. The average Bonchev–Trinajstić information content (AvgIpc) is 3.39. The third-order valence-corrected chi connectivity index (χ3v) is 9.72. The molecule has 1 aromatic heterocycles. The van der Waals surface area contributed by atoms with Gasteiger partial charge < -0.3 is 19.1 Å². The number of thiophene rings is 1. The Morgan fingerprint density at radius 3 is 2.03 bits per heavy atom. The van der Waals surface area contributed by atoms with Crippen LogP contribution in [0.15, 0.2) is 36.4 Å². The van der Waals surface area contributed by atoms with Gasteiger partial charge in [-0.2, -0.15) is 0 Å². The van der Waals surface area contributed by atoms with Crippen molar-refractivity contribution in [3.8, 4) is 27.7 Å². The molecule has 2 aromatic carbocycles. The fourth-order valence-electron chi connectivity index (χ4n) is 6.03. The first-order valence-electron chi connectivity index (χ1n) is 13.4. The molecule has 0 unspecified atom stereocenters. The lowest BCUT2D eigenvalue weighted by Crippen LogP contribution is -2.42. The fourth-order valence-corrected chi connectivity index (χ4v) is 7.02. The summed E-state index contributed by atoms with van der Waals surface area (Å²) in [4.78, 5) is 17.5. The minimum absolute atomic E-state index is 0.0626. The van der Waals surface area contributed by atoms with E-state index < -0.39 is 0 Å². The van der Waals surface area contributed by atoms with E-state index in [0.29, 0.717) is 12.3 Å². The molecule has 1 amide bonds. The monoisotopic (exact) mass is 533 g/mol. The van der Waals surface area contributed by atoms with E-state index in [0.717, 1.165) is 51.6 Å². The van der Waals surface area contributed by atoms with E-state index in [9.17, 15) is 4.79 Å². The molecule has 38 heavy (non-hydrogen) atoms. The van der Waals surface area contributed by atoms with Crippen LogP contribution in [-0.4, -0.2) is 38.2 Å². The summed E-state index contributed by atoms with van der Waals surface area (Å²) < 4.78 is 16.9. The van der Waals surface area contributed by atoms with Crippen molar-refractivity contribution in [3.63, 3.8) is 0 Å². The summed E-state index contributed by atoms with van der Waals surface area (Å²) in [6.07, 6.45) is 3.09. The Morgan fingerprint density at radius 2 is 1.42 bits per heavy atom. The summed E-state index contributed by atoms with van der Waals surface area (Å²) in [6.45, 7) is 12.0. The van der Waals surface area contributed by atoms with Crippen LogP contribution >= 0.6 is 11.3 Å². The van der Waals surface area contributed by atoms with Gasteiger partial charge in [0.15, 0.2) is 11.5 Å². The van der Waals surface area contributed by atoms with E-state index in [4.69, 9.17) is 14.2 Å². The Kier molecular flexibility index (Phi) is 6.75. The first-order chi connectivity index (χ1) is 18.0. The molecular weight excluding hydrogens is 494 g/mol. The molecule has 0 N–H and O–H groups in total. The molecule has 0 radical (unpaired) electrons. The number of nitrogens with zero attached hydrogens (tertiary/aromatic N) is 1. The van der Waals surface area contributed by atoms with Gasteiger partial charge in [0.25, 0.3) is 5.91 Å². The molecule has 1 aliphatic carbocycles. The lowest BCUT2D eigenvalue weighted by molar-refractivity contribution is 0.0663. The molecule has 2 heterocycles. The standard InChI is InChI=1S/C32H39NO4S/c1-19-13-20-14-26(36-7)27(37-8)15-21(20)18-33(19)30(34)29-10-9-28(38-29)22-16-23-24(17-25(22)35-6)32(4,5)12-11-31(23,2)3/h9-10,14-17,19H,11-13,18H2,1-8H3/t19-/m1/s1. The molecule has 1 atom stereocenters.